The van der Waals surface area contributed by atoms with E-state index < -0.39 is 0 Å². The molecule has 0 saturated carbocycles. The van der Waals surface area contributed by atoms with E-state index in [0.29, 0.717) is 11.4 Å². The van der Waals surface area contributed by atoms with E-state index in [1.807, 2.05) is 32.0 Å². The number of carbonyl (C=O) groups excluding carboxylic acids is 1. The van der Waals surface area contributed by atoms with Crippen LogP contribution in [0.5, 0.6) is 0 Å². The van der Waals surface area contributed by atoms with Gasteiger partial charge in [-0.15, -0.1) is 0 Å². The Morgan fingerprint density at radius 1 is 1.37 bits per heavy atom. The van der Waals surface area contributed by atoms with Crippen molar-refractivity contribution in [2.45, 2.75) is 13.8 Å². The zero-order valence-electron chi connectivity index (χ0n) is 11.4. The second-order valence-corrected chi connectivity index (χ2v) is 4.35. The maximum atomic E-state index is 12.1. The van der Waals surface area contributed by atoms with Crippen LogP contribution in [0, 0.1) is 6.92 Å². The van der Waals surface area contributed by atoms with Crippen molar-refractivity contribution in [2.75, 3.05) is 17.2 Å². The highest BCUT2D eigenvalue weighted by atomic mass is 16.1. The van der Waals surface area contributed by atoms with Gasteiger partial charge in [-0.05, 0) is 37.6 Å². The van der Waals surface area contributed by atoms with Gasteiger partial charge in [0.2, 0.25) is 0 Å². The fourth-order valence-corrected chi connectivity index (χ4v) is 1.88. The molecule has 0 spiro atoms. The molecule has 100 valence electrons. The smallest absolute Gasteiger partial charge is 0.256 e. The van der Waals surface area contributed by atoms with Crippen molar-refractivity contribution in [3.05, 3.63) is 41.6 Å². The van der Waals surface area contributed by atoms with Crippen molar-refractivity contribution >= 4 is 17.4 Å². The summed E-state index contributed by atoms with van der Waals surface area (Å²) in [7, 11) is 1.79. The van der Waals surface area contributed by atoms with E-state index >= 15 is 0 Å². The van der Waals surface area contributed by atoms with Gasteiger partial charge in [-0.2, -0.15) is 5.10 Å². The molecular formula is C14H18N4O. The first-order chi connectivity index (χ1) is 9.11. The molecule has 5 heteroatoms. The van der Waals surface area contributed by atoms with Crippen LogP contribution in [0.4, 0.5) is 11.5 Å². The predicted octanol–water partition coefficient (Wildman–Crippen LogP) is 2.41. The molecule has 1 aromatic heterocycles. The van der Waals surface area contributed by atoms with Gasteiger partial charge in [0.1, 0.15) is 5.82 Å². The number of carbonyl (C=O) groups is 1. The van der Waals surface area contributed by atoms with Crippen molar-refractivity contribution in [2.24, 2.45) is 7.05 Å². The standard InChI is InChI=1S/C14H18N4O/c1-4-15-12-6-5-11(9-10(12)2)14(19)17-13-7-8-16-18(13)3/h5-9,15H,4H2,1-3H3,(H,17,19). The average Bonchev–Trinajstić information content (AvgIpc) is 2.78. The maximum absolute atomic E-state index is 12.1. The van der Waals surface area contributed by atoms with Gasteiger partial charge in [0.15, 0.2) is 0 Å². The Kier molecular flexibility index (Phi) is 3.85. The van der Waals surface area contributed by atoms with Crippen molar-refractivity contribution in [1.82, 2.24) is 9.78 Å². The third-order valence-corrected chi connectivity index (χ3v) is 2.92. The number of nitrogens with zero attached hydrogens (tertiary/aromatic N) is 2. The SMILES string of the molecule is CCNc1ccc(C(=O)Nc2ccnn2C)cc1C. The minimum Gasteiger partial charge on any atom is -0.385 e. The number of hydrogen-bond donors (Lipinski definition) is 2. The highest BCUT2D eigenvalue weighted by Crippen LogP contribution is 2.17. The number of aryl methyl sites for hydroxylation is 2. The van der Waals surface area contributed by atoms with Crippen LogP contribution in [0.2, 0.25) is 0 Å². The lowest BCUT2D eigenvalue weighted by Crippen LogP contribution is -2.15. The molecule has 1 aromatic carbocycles. The molecule has 2 N–H and O–H groups in total. The van der Waals surface area contributed by atoms with Crippen molar-refractivity contribution in [1.29, 1.82) is 0 Å². The lowest BCUT2D eigenvalue weighted by Gasteiger charge is -2.10. The van der Waals surface area contributed by atoms with Crippen LogP contribution in [-0.2, 0) is 7.05 Å². The average molecular weight is 258 g/mol. The van der Waals surface area contributed by atoms with Gasteiger partial charge in [0, 0.05) is 30.9 Å². The summed E-state index contributed by atoms with van der Waals surface area (Å²) in [6.45, 7) is 4.89. The van der Waals surface area contributed by atoms with Gasteiger partial charge in [-0.25, -0.2) is 0 Å². The predicted molar refractivity (Wildman–Crippen MR) is 76.5 cm³/mol. The van der Waals surface area contributed by atoms with Crippen molar-refractivity contribution < 1.29 is 4.79 Å². The highest BCUT2D eigenvalue weighted by Gasteiger charge is 2.09. The van der Waals surface area contributed by atoms with E-state index in [2.05, 4.69) is 15.7 Å². The molecular weight excluding hydrogens is 240 g/mol. The maximum Gasteiger partial charge on any atom is 0.256 e. The Hall–Kier alpha value is -2.30. The van der Waals surface area contributed by atoms with Crippen LogP contribution >= 0.6 is 0 Å². The Labute approximate surface area is 112 Å². The van der Waals surface area contributed by atoms with Crippen LogP contribution in [-0.4, -0.2) is 22.2 Å². The Morgan fingerprint density at radius 2 is 2.16 bits per heavy atom. The molecule has 0 fully saturated rings. The molecule has 1 heterocycles. The van der Waals surface area contributed by atoms with Gasteiger partial charge in [0.25, 0.3) is 5.91 Å². The van der Waals surface area contributed by atoms with Crippen LogP contribution in [0.25, 0.3) is 0 Å². The van der Waals surface area contributed by atoms with Gasteiger partial charge in [0.05, 0.1) is 6.20 Å². The molecule has 5 nitrogen and oxygen atoms in total. The second kappa shape index (κ2) is 5.56. The molecule has 2 rings (SSSR count). The number of benzene rings is 1. The van der Waals surface area contributed by atoms with E-state index in [1.165, 1.54) is 0 Å². The van der Waals surface area contributed by atoms with E-state index in [4.69, 9.17) is 0 Å². The molecule has 2 aromatic rings. The quantitative estimate of drug-likeness (QED) is 0.885. The summed E-state index contributed by atoms with van der Waals surface area (Å²) >= 11 is 0. The summed E-state index contributed by atoms with van der Waals surface area (Å²) in [5, 5.41) is 10.1. The molecule has 0 bridgehead atoms. The van der Waals surface area contributed by atoms with Gasteiger partial charge < -0.3 is 10.6 Å². The number of anilines is 2. The van der Waals surface area contributed by atoms with Crippen molar-refractivity contribution in [3.63, 3.8) is 0 Å². The summed E-state index contributed by atoms with van der Waals surface area (Å²) in [6.07, 6.45) is 1.65. The lowest BCUT2D eigenvalue weighted by molar-refractivity contribution is 0.102. The van der Waals surface area contributed by atoms with E-state index in [-0.39, 0.29) is 5.91 Å². The Morgan fingerprint density at radius 3 is 2.74 bits per heavy atom. The molecule has 0 aliphatic heterocycles. The number of nitrogens with one attached hydrogen (secondary N) is 2. The number of hydrogen-bond acceptors (Lipinski definition) is 3. The fraction of sp³-hybridized carbons (Fsp3) is 0.286. The van der Waals surface area contributed by atoms with Crippen molar-refractivity contribution in [3.8, 4) is 0 Å². The largest absolute Gasteiger partial charge is 0.385 e. The summed E-state index contributed by atoms with van der Waals surface area (Å²) in [4.78, 5) is 12.1. The van der Waals surface area contributed by atoms with Crippen LogP contribution in [0.1, 0.15) is 22.8 Å². The minimum atomic E-state index is -0.130. The summed E-state index contributed by atoms with van der Waals surface area (Å²) < 4.78 is 1.62. The number of aromatic nitrogens is 2. The fourth-order valence-electron chi connectivity index (χ4n) is 1.88. The number of amides is 1. The van der Waals surface area contributed by atoms with Gasteiger partial charge >= 0.3 is 0 Å². The topological polar surface area (TPSA) is 59.0 Å². The van der Waals surface area contributed by atoms with Crippen LogP contribution in [0.3, 0.4) is 0 Å². The van der Waals surface area contributed by atoms with Crippen LogP contribution < -0.4 is 10.6 Å². The minimum absolute atomic E-state index is 0.130. The van der Waals surface area contributed by atoms with Crippen LogP contribution in [0.15, 0.2) is 30.5 Å². The first kappa shape index (κ1) is 13.1. The Balaban J connectivity index is 2.16. The molecule has 0 unspecified atom stereocenters. The molecule has 0 atom stereocenters. The van der Waals surface area contributed by atoms with E-state index in [9.17, 15) is 4.79 Å². The highest BCUT2D eigenvalue weighted by molar-refractivity contribution is 6.04. The first-order valence-electron chi connectivity index (χ1n) is 6.25. The van der Waals surface area contributed by atoms with Gasteiger partial charge in [-0.1, -0.05) is 0 Å². The second-order valence-electron chi connectivity index (χ2n) is 4.35. The first-order valence-corrected chi connectivity index (χ1v) is 6.25. The van der Waals surface area contributed by atoms with E-state index in [0.717, 1.165) is 17.8 Å². The lowest BCUT2D eigenvalue weighted by atomic mass is 10.1. The molecule has 0 radical (unpaired) electrons. The Bertz CT molecular complexity index is 589. The molecule has 0 aliphatic carbocycles. The van der Waals surface area contributed by atoms with Gasteiger partial charge in [-0.3, -0.25) is 9.48 Å². The molecule has 19 heavy (non-hydrogen) atoms. The zero-order valence-corrected chi connectivity index (χ0v) is 11.4. The molecule has 0 aliphatic rings. The third kappa shape index (κ3) is 2.93. The number of rotatable bonds is 4. The summed E-state index contributed by atoms with van der Waals surface area (Å²) in [6, 6.07) is 7.38. The normalized spacial score (nSPS) is 10.3. The third-order valence-electron chi connectivity index (χ3n) is 2.92. The van der Waals surface area contributed by atoms with E-state index in [1.54, 1.807) is 24.0 Å². The molecule has 1 amide bonds. The molecule has 0 saturated heterocycles. The zero-order chi connectivity index (χ0) is 13.8. The monoisotopic (exact) mass is 258 g/mol. The summed E-state index contributed by atoms with van der Waals surface area (Å²) in [5.74, 6) is 0.549. The summed E-state index contributed by atoms with van der Waals surface area (Å²) in [5.41, 5.74) is 2.75.